The summed E-state index contributed by atoms with van der Waals surface area (Å²) in [6, 6.07) is 8.01. The van der Waals surface area contributed by atoms with Crippen LogP contribution in [0.4, 0.5) is 24.7 Å². The number of halogens is 3. The molecule has 0 bridgehead atoms. The van der Waals surface area contributed by atoms with Crippen molar-refractivity contribution in [3.8, 4) is 11.4 Å². The van der Waals surface area contributed by atoms with Crippen molar-refractivity contribution < 1.29 is 22.7 Å². The molecule has 3 heterocycles. The quantitative estimate of drug-likeness (QED) is 0.501. The van der Waals surface area contributed by atoms with E-state index in [-0.39, 0.29) is 29.4 Å². The second kappa shape index (κ2) is 10.3. The molecule has 0 atom stereocenters. The average Bonchev–Trinajstić information content (AvgIpc) is 3.39. The Bertz CT molecular complexity index is 1460. The van der Waals surface area contributed by atoms with Gasteiger partial charge < -0.3 is 24.8 Å². The van der Waals surface area contributed by atoms with E-state index in [4.69, 9.17) is 0 Å². The molecular formula is C25H25F3N6O4. The molecule has 0 unspecified atom stereocenters. The number of anilines is 2. The fraction of sp³-hybridized carbons (Fsp3) is 0.360. The lowest BCUT2D eigenvalue weighted by atomic mass is 10.2. The number of fused-ring (bicyclic) bond motifs is 1. The molecule has 3 aromatic rings. The highest BCUT2D eigenvalue weighted by Crippen LogP contribution is 2.28. The number of aromatic nitrogens is 3. The van der Waals surface area contributed by atoms with Gasteiger partial charge >= 0.3 is 6.36 Å². The minimum Gasteiger partial charge on any atom is -0.406 e. The Morgan fingerprint density at radius 2 is 1.74 bits per heavy atom. The van der Waals surface area contributed by atoms with Gasteiger partial charge in [-0.05, 0) is 55.7 Å². The molecule has 2 aliphatic rings. The van der Waals surface area contributed by atoms with Crippen molar-refractivity contribution in [2.45, 2.75) is 32.2 Å². The van der Waals surface area contributed by atoms with E-state index in [1.807, 2.05) is 0 Å². The first-order valence-electron chi connectivity index (χ1n) is 12.2. The number of carbonyl (C=O) groups excluding carboxylic acids is 1. The number of benzene rings is 1. The normalized spacial score (nSPS) is 15.3. The molecule has 1 fully saturated rings. The van der Waals surface area contributed by atoms with Crippen molar-refractivity contribution in [3.63, 3.8) is 0 Å². The van der Waals surface area contributed by atoms with Gasteiger partial charge in [-0.2, -0.15) is 4.68 Å². The van der Waals surface area contributed by atoms with Crippen molar-refractivity contribution >= 4 is 17.4 Å². The maximum absolute atomic E-state index is 13.2. The SMILES string of the molecule is O=C(Cn1cccc(Nc2nn(-c3ccc(OC(F)(F)F)cc3)c(=O)c3c2CCC3)c1=O)N1CCNCC1. The molecule has 13 heteroatoms. The summed E-state index contributed by atoms with van der Waals surface area (Å²) in [6.07, 6.45) is -1.47. The monoisotopic (exact) mass is 530 g/mol. The molecule has 200 valence electrons. The zero-order chi connectivity index (χ0) is 26.9. The van der Waals surface area contributed by atoms with Crippen LogP contribution >= 0.6 is 0 Å². The fourth-order valence-corrected chi connectivity index (χ4v) is 4.68. The van der Waals surface area contributed by atoms with Crippen LogP contribution in [0.1, 0.15) is 17.5 Å². The number of alkyl halides is 3. The Hall–Kier alpha value is -4.13. The Morgan fingerprint density at radius 1 is 1.03 bits per heavy atom. The van der Waals surface area contributed by atoms with Gasteiger partial charge in [-0.1, -0.05) is 0 Å². The Balaban J connectivity index is 1.44. The van der Waals surface area contributed by atoms with Gasteiger partial charge in [0.15, 0.2) is 5.82 Å². The second-order valence-corrected chi connectivity index (χ2v) is 9.03. The first-order valence-corrected chi connectivity index (χ1v) is 12.2. The molecule has 2 aromatic heterocycles. The maximum Gasteiger partial charge on any atom is 0.573 e. The lowest BCUT2D eigenvalue weighted by Crippen LogP contribution is -2.48. The summed E-state index contributed by atoms with van der Waals surface area (Å²) >= 11 is 0. The number of pyridine rings is 1. The summed E-state index contributed by atoms with van der Waals surface area (Å²) in [5.74, 6) is -0.277. The van der Waals surface area contributed by atoms with Gasteiger partial charge in [0, 0.05) is 43.5 Å². The summed E-state index contributed by atoms with van der Waals surface area (Å²) < 4.78 is 43.9. The summed E-state index contributed by atoms with van der Waals surface area (Å²) in [5.41, 5.74) is 0.851. The van der Waals surface area contributed by atoms with Gasteiger partial charge in [0.1, 0.15) is 18.0 Å². The van der Waals surface area contributed by atoms with E-state index >= 15 is 0 Å². The topological polar surface area (TPSA) is 110 Å². The van der Waals surface area contributed by atoms with Crippen LogP contribution in [0.3, 0.4) is 0 Å². The number of piperazine rings is 1. The summed E-state index contributed by atoms with van der Waals surface area (Å²) in [5, 5.41) is 10.6. The van der Waals surface area contributed by atoms with Crippen molar-refractivity contribution in [3.05, 3.63) is 74.4 Å². The standard InChI is InChI=1S/C25H25F3N6O4/c26-25(27,28)38-17-8-6-16(7-9-17)34-23(36)19-4-1-3-18(19)22(31-34)30-20-5-2-12-33(24(20)37)15-21(35)32-13-10-29-11-14-32/h2,5-9,12,29H,1,3-4,10-11,13-15H2,(H,30,31). The van der Waals surface area contributed by atoms with Crippen LogP contribution in [0.2, 0.25) is 0 Å². The number of nitrogens with one attached hydrogen (secondary N) is 2. The first-order chi connectivity index (χ1) is 18.2. The molecular weight excluding hydrogens is 505 g/mol. The molecule has 1 aromatic carbocycles. The van der Waals surface area contributed by atoms with Crippen LogP contribution in [0.5, 0.6) is 5.75 Å². The van der Waals surface area contributed by atoms with Gasteiger partial charge in [0.05, 0.1) is 5.69 Å². The van der Waals surface area contributed by atoms with Gasteiger partial charge in [0.2, 0.25) is 5.91 Å². The summed E-state index contributed by atoms with van der Waals surface area (Å²) in [4.78, 5) is 40.7. The molecule has 0 saturated carbocycles. The molecule has 1 saturated heterocycles. The highest BCUT2D eigenvalue weighted by atomic mass is 19.4. The predicted molar refractivity (Wildman–Crippen MR) is 132 cm³/mol. The second-order valence-electron chi connectivity index (χ2n) is 9.03. The molecule has 1 aliphatic carbocycles. The van der Waals surface area contributed by atoms with Crippen molar-refractivity contribution in [2.24, 2.45) is 0 Å². The van der Waals surface area contributed by atoms with E-state index in [1.54, 1.807) is 17.0 Å². The van der Waals surface area contributed by atoms with Gasteiger partial charge in [-0.15, -0.1) is 18.3 Å². The lowest BCUT2D eigenvalue weighted by Gasteiger charge is -2.27. The van der Waals surface area contributed by atoms with Crippen LogP contribution < -0.4 is 26.5 Å². The third-order valence-electron chi connectivity index (χ3n) is 6.52. The third kappa shape index (κ3) is 5.42. The average molecular weight is 531 g/mol. The fourth-order valence-electron chi connectivity index (χ4n) is 4.68. The number of hydrogen-bond donors (Lipinski definition) is 2. The molecule has 0 spiro atoms. The van der Waals surface area contributed by atoms with Gasteiger partial charge in [-0.3, -0.25) is 14.4 Å². The number of amides is 1. The lowest BCUT2D eigenvalue weighted by molar-refractivity contribution is -0.274. The largest absolute Gasteiger partial charge is 0.573 e. The van der Waals surface area contributed by atoms with E-state index in [0.717, 1.165) is 23.2 Å². The van der Waals surface area contributed by atoms with Crippen LogP contribution in [-0.4, -0.2) is 57.7 Å². The Labute approximate surface area is 214 Å². The zero-order valence-corrected chi connectivity index (χ0v) is 20.3. The van der Waals surface area contributed by atoms with Crippen molar-refractivity contribution in [2.75, 3.05) is 31.5 Å². The van der Waals surface area contributed by atoms with Crippen LogP contribution in [0, 0.1) is 0 Å². The van der Waals surface area contributed by atoms with E-state index in [0.29, 0.717) is 56.0 Å². The van der Waals surface area contributed by atoms with Crippen molar-refractivity contribution in [1.82, 2.24) is 24.6 Å². The number of carbonyl (C=O) groups is 1. The van der Waals surface area contributed by atoms with Crippen molar-refractivity contribution in [1.29, 1.82) is 0 Å². The molecule has 5 rings (SSSR count). The van der Waals surface area contributed by atoms with Gasteiger partial charge in [-0.25, -0.2) is 0 Å². The van der Waals surface area contributed by atoms with E-state index in [2.05, 4.69) is 20.5 Å². The van der Waals surface area contributed by atoms with E-state index in [1.165, 1.54) is 22.9 Å². The zero-order valence-electron chi connectivity index (χ0n) is 20.3. The molecule has 10 nitrogen and oxygen atoms in total. The number of rotatable bonds is 6. The highest BCUT2D eigenvalue weighted by molar-refractivity contribution is 5.76. The first kappa shape index (κ1) is 25.5. The van der Waals surface area contributed by atoms with Crippen LogP contribution in [0.25, 0.3) is 5.69 Å². The summed E-state index contributed by atoms with van der Waals surface area (Å²) in [6.45, 7) is 2.45. The smallest absolute Gasteiger partial charge is 0.406 e. The van der Waals surface area contributed by atoms with Crippen LogP contribution in [0.15, 0.2) is 52.2 Å². The molecule has 0 radical (unpaired) electrons. The Kier molecular flexibility index (Phi) is 6.93. The molecule has 2 N–H and O–H groups in total. The minimum absolute atomic E-state index is 0.105. The van der Waals surface area contributed by atoms with Gasteiger partial charge in [0.25, 0.3) is 11.1 Å². The third-order valence-corrected chi connectivity index (χ3v) is 6.52. The van der Waals surface area contributed by atoms with E-state index in [9.17, 15) is 27.6 Å². The highest BCUT2D eigenvalue weighted by Gasteiger charge is 2.31. The number of ether oxygens (including phenoxy) is 1. The molecule has 38 heavy (non-hydrogen) atoms. The van der Waals surface area contributed by atoms with E-state index < -0.39 is 17.7 Å². The predicted octanol–water partition coefficient (Wildman–Crippen LogP) is 1.96. The molecule has 1 amide bonds. The van der Waals surface area contributed by atoms with Crippen LogP contribution in [-0.2, 0) is 24.2 Å². The molecule has 1 aliphatic heterocycles. The number of nitrogens with zero attached hydrogens (tertiary/aromatic N) is 4. The Morgan fingerprint density at radius 3 is 2.45 bits per heavy atom. The number of hydrogen-bond acceptors (Lipinski definition) is 7. The maximum atomic E-state index is 13.2. The minimum atomic E-state index is -4.83. The summed E-state index contributed by atoms with van der Waals surface area (Å²) in [7, 11) is 0.